The highest BCUT2D eigenvalue weighted by molar-refractivity contribution is 5.75. The molecule has 27 heavy (non-hydrogen) atoms. The van der Waals surface area contributed by atoms with E-state index < -0.39 is 0 Å². The summed E-state index contributed by atoms with van der Waals surface area (Å²) in [5.74, 6) is 1.94. The van der Waals surface area contributed by atoms with Crippen LogP contribution >= 0.6 is 0 Å². The third-order valence-corrected chi connectivity index (χ3v) is 8.61. The topological polar surface area (TPSA) is 55.8 Å². The van der Waals surface area contributed by atoms with E-state index in [4.69, 9.17) is 9.47 Å². The van der Waals surface area contributed by atoms with E-state index >= 15 is 0 Å². The van der Waals surface area contributed by atoms with Crippen LogP contribution in [0.15, 0.2) is 0 Å². The van der Waals surface area contributed by atoms with Gasteiger partial charge in [0.2, 0.25) is 0 Å². The fourth-order valence-electron chi connectivity index (χ4n) is 7.48. The molecule has 0 bridgehead atoms. The number of ether oxygens (including phenoxy) is 2. The fourth-order valence-corrected chi connectivity index (χ4v) is 7.48. The van der Waals surface area contributed by atoms with Crippen molar-refractivity contribution in [1.29, 1.82) is 0 Å². The van der Waals surface area contributed by atoms with Gasteiger partial charge in [0.1, 0.15) is 12.2 Å². The standard InChI is InChI=1S/C22H33NO4/c1-4-13-14-7-5-6-8-23-16(17-9-11(2)21(24)26-17)10-15(19(14)23)18-12(3)22(25)27-20(13)18/h11-20H,4-10H2,1-3H3/t11-,12-,13+,14+,15+,16-,17-,18-,19+,20+/m0/s1. The van der Waals surface area contributed by atoms with E-state index in [1.54, 1.807) is 0 Å². The number of cyclic esters (lactones) is 1. The summed E-state index contributed by atoms with van der Waals surface area (Å²) in [7, 11) is 0. The average Bonchev–Trinajstić information content (AvgIpc) is 3.20. The molecular weight excluding hydrogens is 342 g/mol. The Morgan fingerprint density at radius 2 is 1.85 bits per heavy atom. The van der Waals surface area contributed by atoms with Gasteiger partial charge in [-0.25, -0.2) is 0 Å². The first-order valence-corrected chi connectivity index (χ1v) is 11.2. The molecule has 5 nitrogen and oxygen atoms in total. The summed E-state index contributed by atoms with van der Waals surface area (Å²) < 4.78 is 11.8. The number of fused-ring (bicyclic) bond motifs is 2. The van der Waals surface area contributed by atoms with E-state index in [1.165, 1.54) is 19.3 Å². The number of nitrogens with zero attached hydrogens (tertiary/aromatic N) is 1. The van der Waals surface area contributed by atoms with Crippen LogP contribution in [0.2, 0.25) is 0 Å². The molecule has 1 saturated carbocycles. The van der Waals surface area contributed by atoms with Gasteiger partial charge in [0.25, 0.3) is 0 Å². The van der Waals surface area contributed by atoms with Gasteiger partial charge in [0, 0.05) is 23.9 Å². The Bertz CT molecular complexity index is 636. The van der Waals surface area contributed by atoms with Crippen LogP contribution in [0.5, 0.6) is 0 Å². The highest BCUT2D eigenvalue weighted by atomic mass is 16.6. The van der Waals surface area contributed by atoms with Crippen LogP contribution in [0, 0.1) is 35.5 Å². The molecule has 5 aliphatic rings. The minimum Gasteiger partial charge on any atom is -0.462 e. The zero-order chi connectivity index (χ0) is 18.9. The first-order chi connectivity index (χ1) is 13.0. The third kappa shape index (κ3) is 2.53. The Balaban J connectivity index is 1.51. The maximum absolute atomic E-state index is 12.5. The Morgan fingerprint density at radius 1 is 1.04 bits per heavy atom. The Hall–Kier alpha value is -1.10. The van der Waals surface area contributed by atoms with Crippen LogP contribution in [-0.2, 0) is 19.1 Å². The number of hydrogen-bond donors (Lipinski definition) is 0. The summed E-state index contributed by atoms with van der Waals surface area (Å²) in [6, 6.07) is 0.865. The molecule has 0 spiro atoms. The maximum Gasteiger partial charge on any atom is 0.309 e. The summed E-state index contributed by atoms with van der Waals surface area (Å²) in [6.45, 7) is 7.44. The van der Waals surface area contributed by atoms with Gasteiger partial charge in [-0.1, -0.05) is 27.2 Å². The van der Waals surface area contributed by atoms with Crippen LogP contribution in [0.3, 0.4) is 0 Å². The lowest BCUT2D eigenvalue weighted by molar-refractivity contribution is -0.148. The van der Waals surface area contributed by atoms with E-state index in [1.807, 2.05) is 6.92 Å². The highest BCUT2D eigenvalue weighted by Crippen LogP contribution is 2.57. The smallest absolute Gasteiger partial charge is 0.309 e. The molecule has 4 saturated heterocycles. The normalized spacial score (nSPS) is 52.1. The summed E-state index contributed by atoms with van der Waals surface area (Å²) in [5.41, 5.74) is 0. The van der Waals surface area contributed by atoms with Gasteiger partial charge in [-0.2, -0.15) is 0 Å². The van der Waals surface area contributed by atoms with Gasteiger partial charge in [-0.3, -0.25) is 14.5 Å². The molecule has 0 radical (unpaired) electrons. The molecule has 150 valence electrons. The second-order valence-electron chi connectivity index (χ2n) is 9.81. The molecule has 5 fully saturated rings. The van der Waals surface area contributed by atoms with E-state index in [-0.39, 0.29) is 36.0 Å². The summed E-state index contributed by atoms with van der Waals surface area (Å²) in [4.78, 5) is 27.3. The lowest BCUT2D eigenvalue weighted by Crippen LogP contribution is -2.54. The van der Waals surface area contributed by atoms with Gasteiger partial charge < -0.3 is 9.47 Å². The van der Waals surface area contributed by atoms with Gasteiger partial charge in [-0.05, 0) is 50.5 Å². The number of rotatable bonds is 2. The number of hydrogen-bond acceptors (Lipinski definition) is 5. The van der Waals surface area contributed by atoms with Gasteiger partial charge in [-0.15, -0.1) is 0 Å². The first-order valence-electron chi connectivity index (χ1n) is 11.2. The molecule has 10 atom stereocenters. The molecule has 4 aliphatic heterocycles. The average molecular weight is 376 g/mol. The van der Waals surface area contributed by atoms with Crippen LogP contribution in [0.4, 0.5) is 0 Å². The molecule has 0 aromatic rings. The molecule has 1 aliphatic carbocycles. The molecule has 4 heterocycles. The van der Waals surface area contributed by atoms with E-state index in [2.05, 4.69) is 18.7 Å². The molecular formula is C22H33NO4. The fraction of sp³-hybridized carbons (Fsp3) is 0.909. The van der Waals surface area contributed by atoms with Crippen molar-refractivity contribution in [2.24, 2.45) is 35.5 Å². The van der Waals surface area contributed by atoms with Crippen LogP contribution in [0.25, 0.3) is 0 Å². The number of carbonyl (C=O) groups excluding carboxylic acids is 2. The van der Waals surface area contributed by atoms with Crippen molar-refractivity contribution in [1.82, 2.24) is 4.90 Å². The second-order valence-corrected chi connectivity index (χ2v) is 9.81. The molecule has 5 rings (SSSR count). The van der Waals surface area contributed by atoms with Crippen molar-refractivity contribution in [3.63, 3.8) is 0 Å². The van der Waals surface area contributed by atoms with Crippen molar-refractivity contribution in [2.45, 2.75) is 83.6 Å². The Labute approximate surface area is 162 Å². The summed E-state index contributed by atoms with van der Waals surface area (Å²) >= 11 is 0. The predicted molar refractivity (Wildman–Crippen MR) is 99.7 cm³/mol. The minimum absolute atomic E-state index is 0.00362. The van der Waals surface area contributed by atoms with Crippen molar-refractivity contribution >= 4 is 11.9 Å². The van der Waals surface area contributed by atoms with E-state index in [0.717, 1.165) is 25.8 Å². The third-order valence-electron chi connectivity index (χ3n) is 8.61. The van der Waals surface area contributed by atoms with E-state index in [9.17, 15) is 9.59 Å². The van der Waals surface area contributed by atoms with Gasteiger partial charge in [0.05, 0.1) is 11.8 Å². The van der Waals surface area contributed by atoms with Crippen molar-refractivity contribution in [3.8, 4) is 0 Å². The van der Waals surface area contributed by atoms with Gasteiger partial charge in [0.15, 0.2) is 0 Å². The zero-order valence-electron chi connectivity index (χ0n) is 16.8. The Kier molecular flexibility index (Phi) is 4.30. The molecule has 0 N–H and O–H groups in total. The SMILES string of the molecule is CC[C@@H]1[C@H]2CCCCN3[C@H]2[C@H](C[C@H]3[C@@H]2C[C@H](C)C(=O)O2)[C@H]2[C@@H]1OC(=O)[C@H]2C. The lowest BCUT2D eigenvalue weighted by atomic mass is 9.60. The first kappa shape index (κ1) is 18.0. The molecule has 0 amide bonds. The monoisotopic (exact) mass is 375 g/mol. The number of esters is 2. The summed E-state index contributed by atoms with van der Waals surface area (Å²) in [6.07, 6.45) is 6.87. The minimum atomic E-state index is -0.0294. The van der Waals surface area contributed by atoms with Crippen LogP contribution < -0.4 is 0 Å². The van der Waals surface area contributed by atoms with Gasteiger partial charge >= 0.3 is 11.9 Å². The van der Waals surface area contributed by atoms with Crippen molar-refractivity contribution < 1.29 is 19.1 Å². The van der Waals surface area contributed by atoms with Crippen molar-refractivity contribution in [3.05, 3.63) is 0 Å². The molecule has 0 aromatic carbocycles. The molecule has 0 unspecified atom stereocenters. The lowest BCUT2D eigenvalue weighted by Gasteiger charge is -2.48. The quantitative estimate of drug-likeness (QED) is 0.695. The second kappa shape index (κ2) is 6.47. The maximum atomic E-state index is 12.5. The van der Waals surface area contributed by atoms with Crippen LogP contribution in [-0.4, -0.2) is 47.7 Å². The number of carbonyl (C=O) groups is 2. The Morgan fingerprint density at radius 3 is 2.56 bits per heavy atom. The van der Waals surface area contributed by atoms with Crippen LogP contribution in [0.1, 0.15) is 59.3 Å². The molecule has 5 heteroatoms. The largest absolute Gasteiger partial charge is 0.462 e. The van der Waals surface area contributed by atoms with E-state index in [0.29, 0.717) is 35.8 Å². The molecule has 0 aromatic heterocycles. The summed E-state index contributed by atoms with van der Waals surface area (Å²) in [5, 5.41) is 0. The zero-order valence-corrected chi connectivity index (χ0v) is 16.8. The predicted octanol–water partition coefficient (Wildman–Crippen LogP) is 3.01. The van der Waals surface area contributed by atoms with Crippen molar-refractivity contribution in [2.75, 3.05) is 6.54 Å². The highest BCUT2D eigenvalue weighted by Gasteiger charge is 2.63.